The molecule has 2 nitrogen and oxygen atoms in total. The third-order valence-corrected chi connectivity index (χ3v) is 5.72. The Labute approximate surface area is 132 Å². The van der Waals surface area contributed by atoms with E-state index in [0.29, 0.717) is 6.04 Å². The number of nitrogens with two attached hydrogens (primary N) is 1. The van der Waals surface area contributed by atoms with E-state index >= 15 is 0 Å². The van der Waals surface area contributed by atoms with Gasteiger partial charge >= 0.3 is 0 Å². The molecule has 2 fully saturated rings. The zero-order valence-electron chi connectivity index (χ0n) is 11.9. The minimum absolute atomic E-state index is 0. The van der Waals surface area contributed by atoms with Crippen LogP contribution >= 0.6 is 24.2 Å². The predicted octanol–water partition coefficient (Wildman–Crippen LogP) is 3.40. The molecule has 0 aromatic heterocycles. The van der Waals surface area contributed by atoms with Gasteiger partial charge in [-0.1, -0.05) is 18.2 Å². The number of halogens is 1. The molecule has 0 radical (unpaired) electrons. The summed E-state index contributed by atoms with van der Waals surface area (Å²) in [7, 11) is 0. The lowest BCUT2D eigenvalue weighted by Crippen LogP contribution is -2.36. The summed E-state index contributed by atoms with van der Waals surface area (Å²) in [6.07, 6.45) is 5.49. The van der Waals surface area contributed by atoms with Crippen molar-refractivity contribution in [2.45, 2.75) is 42.7 Å². The van der Waals surface area contributed by atoms with Crippen LogP contribution < -0.4 is 5.73 Å². The van der Waals surface area contributed by atoms with E-state index in [0.717, 1.165) is 24.1 Å². The van der Waals surface area contributed by atoms with Gasteiger partial charge in [-0.3, -0.25) is 0 Å². The molecule has 1 heterocycles. The molecule has 4 heteroatoms. The molecule has 0 spiro atoms. The number of likely N-dealkylation sites (tertiary alicyclic amines) is 1. The first-order valence-corrected chi connectivity index (χ1v) is 8.47. The summed E-state index contributed by atoms with van der Waals surface area (Å²) >= 11 is 1.88. The molecule has 3 rings (SSSR count). The smallest absolute Gasteiger partial charge is 0.0146 e. The molecule has 2 bridgehead atoms. The Morgan fingerprint density at radius 1 is 1.25 bits per heavy atom. The molecule has 1 saturated carbocycles. The van der Waals surface area contributed by atoms with Crippen LogP contribution in [0.25, 0.3) is 0 Å². The maximum Gasteiger partial charge on any atom is 0.0146 e. The van der Waals surface area contributed by atoms with Crippen LogP contribution in [0, 0.1) is 5.92 Å². The first-order chi connectivity index (χ1) is 9.31. The summed E-state index contributed by atoms with van der Waals surface area (Å²) in [6.45, 7) is 2.54. The molecule has 1 aliphatic carbocycles. The predicted molar refractivity (Wildman–Crippen MR) is 89.7 cm³/mol. The molecule has 1 aromatic rings. The van der Waals surface area contributed by atoms with E-state index in [1.807, 2.05) is 11.8 Å². The lowest BCUT2D eigenvalue weighted by Gasteiger charge is -2.27. The molecule has 2 aliphatic rings. The lowest BCUT2D eigenvalue weighted by atomic mass is 10.1. The van der Waals surface area contributed by atoms with Crippen LogP contribution in [0.2, 0.25) is 0 Å². The van der Waals surface area contributed by atoms with Crippen LogP contribution in [0.15, 0.2) is 35.2 Å². The van der Waals surface area contributed by atoms with Crippen molar-refractivity contribution in [1.29, 1.82) is 0 Å². The maximum atomic E-state index is 6.25. The number of piperidine rings is 1. The standard InChI is InChI=1S/C16H24N2S.ClH/c17-14(12-19-16-4-2-1-3-5-16)8-9-18-11-13-6-7-15(18)10-13;/h1-5,13-15H,6-12,17H2;1H/t13?,14-,15?;/m1./s1. The first kappa shape index (κ1) is 16.2. The summed E-state index contributed by atoms with van der Waals surface area (Å²) in [5, 5.41) is 0. The van der Waals surface area contributed by atoms with E-state index in [9.17, 15) is 0 Å². The normalized spacial score (nSPS) is 26.4. The van der Waals surface area contributed by atoms with Crippen molar-refractivity contribution < 1.29 is 0 Å². The molecule has 112 valence electrons. The number of rotatable bonds is 6. The van der Waals surface area contributed by atoms with Crippen LogP contribution in [-0.2, 0) is 0 Å². The molecular weight excluding hydrogens is 288 g/mol. The number of thioether (sulfide) groups is 1. The van der Waals surface area contributed by atoms with Crippen molar-refractivity contribution in [3.05, 3.63) is 30.3 Å². The Morgan fingerprint density at radius 2 is 2.05 bits per heavy atom. The molecular formula is C16H25ClN2S. The zero-order chi connectivity index (χ0) is 13.1. The summed E-state index contributed by atoms with van der Waals surface area (Å²) in [4.78, 5) is 4.01. The number of hydrogen-bond donors (Lipinski definition) is 1. The van der Waals surface area contributed by atoms with Crippen molar-refractivity contribution >= 4 is 24.2 Å². The van der Waals surface area contributed by atoms with Gasteiger partial charge in [0, 0.05) is 29.3 Å². The second-order valence-electron chi connectivity index (χ2n) is 6.00. The highest BCUT2D eigenvalue weighted by Crippen LogP contribution is 2.37. The van der Waals surface area contributed by atoms with Gasteiger partial charge in [-0.05, 0) is 50.3 Å². The minimum Gasteiger partial charge on any atom is -0.327 e. The molecule has 20 heavy (non-hydrogen) atoms. The van der Waals surface area contributed by atoms with E-state index < -0.39 is 0 Å². The highest BCUT2D eigenvalue weighted by molar-refractivity contribution is 7.99. The zero-order valence-corrected chi connectivity index (χ0v) is 13.5. The number of benzene rings is 1. The highest BCUT2D eigenvalue weighted by Gasteiger charge is 2.37. The number of hydrogen-bond acceptors (Lipinski definition) is 3. The van der Waals surface area contributed by atoms with E-state index in [1.165, 1.54) is 37.2 Å². The monoisotopic (exact) mass is 312 g/mol. The van der Waals surface area contributed by atoms with Crippen LogP contribution in [-0.4, -0.2) is 35.8 Å². The second kappa shape index (κ2) is 7.69. The summed E-state index contributed by atoms with van der Waals surface area (Å²) in [5.41, 5.74) is 6.25. The third kappa shape index (κ3) is 4.14. The Kier molecular flexibility index (Phi) is 6.21. The average molecular weight is 313 g/mol. The van der Waals surface area contributed by atoms with Gasteiger partial charge in [-0.2, -0.15) is 0 Å². The number of nitrogens with zero attached hydrogens (tertiary/aromatic N) is 1. The fourth-order valence-corrected chi connectivity index (χ4v) is 4.36. The van der Waals surface area contributed by atoms with Crippen LogP contribution in [0.1, 0.15) is 25.7 Å². The van der Waals surface area contributed by atoms with Gasteiger partial charge in [0.25, 0.3) is 0 Å². The Balaban J connectivity index is 0.00000147. The van der Waals surface area contributed by atoms with Crippen LogP contribution in [0.5, 0.6) is 0 Å². The molecule has 2 unspecified atom stereocenters. The van der Waals surface area contributed by atoms with E-state index in [1.54, 1.807) is 0 Å². The summed E-state index contributed by atoms with van der Waals surface area (Å²) in [6, 6.07) is 11.8. The van der Waals surface area contributed by atoms with Gasteiger partial charge in [0.05, 0.1) is 0 Å². The van der Waals surface area contributed by atoms with E-state index in [-0.39, 0.29) is 12.4 Å². The Hall–Kier alpha value is -0.220. The molecule has 1 aliphatic heterocycles. The molecule has 2 N–H and O–H groups in total. The van der Waals surface area contributed by atoms with Gasteiger partial charge in [0.15, 0.2) is 0 Å². The van der Waals surface area contributed by atoms with Crippen LogP contribution in [0.4, 0.5) is 0 Å². The van der Waals surface area contributed by atoms with Gasteiger partial charge < -0.3 is 10.6 Å². The van der Waals surface area contributed by atoms with Gasteiger partial charge in [-0.25, -0.2) is 0 Å². The molecule has 1 aromatic carbocycles. The average Bonchev–Trinajstić information content (AvgIpc) is 3.06. The van der Waals surface area contributed by atoms with Crippen LogP contribution in [0.3, 0.4) is 0 Å². The maximum absolute atomic E-state index is 6.25. The summed E-state index contributed by atoms with van der Waals surface area (Å²) < 4.78 is 0. The van der Waals surface area contributed by atoms with E-state index in [2.05, 4.69) is 35.2 Å². The fourth-order valence-electron chi connectivity index (χ4n) is 3.44. The topological polar surface area (TPSA) is 29.3 Å². The minimum atomic E-state index is 0. The second-order valence-corrected chi connectivity index (χ2v) is 7.09. The van der Waals surface area contributed by atoms with Gasteiger partial charge in [-0.15, -0.1) is 24.2 Å². The largest absolute Gasteiger partial charge is 0.327 e. The first-order valence-electron chi connectivity index (χ1n) is 7.49. The molecule has 0 amide bonds. The lowest BCUT2D eigenvalue weighted by molar-refractivity contribution is 0.208. The van der Waals surface area contributed by atoms with Gasteiger partial charge in [0.1, 0.15) is 0 Å². The van der Waals surface area contributed by atoms with Crippen molar-refractivity contribution in [1.82, 2.24) is 4.90 Å². The van der Waals surface area contributed by atoms with Gasteiger partial charge in [0.2, 0.25) is 0 Å². The highest BCUT2D eigenvalue weighted by atomic mass is 35.5. The van der Waals surface area contributed by atoms with Crippen molar-refractivity contribution in [3.63, 3.8) is 0 Å². The molecule has 3 atom stereocenters. The van der Waals surface area contributed by atoms with E-state index in [4.69, 9.17) is 5.73 Å². The van der Waals surface area contributed by atoms with Crippen molar-refractivity contribution in [3.8, 4) is 0 Å². The third-order valence-electron chi connectivity index (χ3n) is 4.52. The Bertz CT molecular complexity index is 401. The quantitative estimate of drug-likeness (QED) is 0.816. The Morgan fingerprint density at radius 3 is 2.70 bits per heavy atom. The SMILES string of the molecule is Cl.N[C@H](CCN1CC2CCC1C2)CSc1ccccc1. The molecule has 1 saturated heterocycles. The number of fused-ring (bicyclic) bond motifs is 2. The van der Waals surface area contributed by atoms with Crippen molar-refractivity contribution in [2.24, 2.45) is 11.7 Å². The summed E-state index contributed by atoms with van der Waals surface area (Å²) in [5.74, 6) is 2.03. The van der Waals surface area contributed by atoms with Crippen molar-refractivity contribution in [2.75, 3.05) is 18.8 Å². The fraction of sp³-hybridized carbons (Fsp3) is 0.625.